The molecule has 0 fully saturated rings. The summed E-state index contributed by atoms with van der Waals surface area (Å²) in [6, 6.07) is 14.0. The van der Waals surface area contributed by atoms with Gasteiger partial charge in [0.15, 0.2) is 11.6 Å². The second-order valence-electron chi connectivity index (χ2n) is 11.3. The highest BCUT2D eigenvalue weighted by Gasteiger charge is 2.35. The van der Waals surface area contributed by atoms with Crippen molar-refractivity contribution in [1.29, 1.82) is 0 Å². The van der Waals surface area contributed by atoms with Gasteiger partial charge in [-0.2, -0.15) is 13.2 Å². The molecule has 0 radical (unpaired) electrons. The number of aromatic amines is 1. The van der Waals surface area contributed by atoms with Gasteiger partial charge in [-0.05, 0) is 50.1 Å². The zero-order valence-electron chi connectivity index (χ0n) is 25.8. The second-order valence-corrected chi connectivity index (χ2v) is 13.1. The molecule has 0 amide bonds. The number of rotatable bonds is 6. The molecule has 4 heterocycles. The van der Waals surface area contributed by atoms with Crippen LogP contribution < -0.4 is 15.9 Å². The van der Waals surface area contributed by atoms with Crippen molar-refractivity contribution in [3.8, 4) is 34.1 Å². The quantitative estimate of drug-likeness (QED) is 0.231. The molecule has 0 bridgehead atoms. The molecule has 0 aliphatic heterocycles. The van der Waals surface area contributed by atoms with Crippen LogP contribution in [0.5, 0.6) is 11.5 Å². The first-order chi connectivity index (χ1) is 22.1. The number of aromatic nitrogens is 5. The molecule has 4 aromatic heterocycles. The molecule has 0 unspecified atom stereocenters. The number of benzene rings is 2. The van der Waals surface area contributed by atoms with Crippen LogP contribution in [-0.4, -0.2) is 31.5 Å². The Balaban J connectivity index is 1.72. The first-order valence-electron chi connectivity index (χ1n) is 14.2. The Morgan fingerprint density at radius 3 is 2.15 bits per heavy atom. The maximum Gasteiger partial charge on any atom is 0.432 e. The van der Waals surface area contributed by atoms with E-state index in [1.54, 1.807) is 19.1 Å². The summed E-state index contributed by atoms with van der Waals surface area (Å²) in [5, 5.41) is 0.0448. The molecule has 242 valence electrons. The molecule has 0 spiro atoms. The molecular formula is C33H28F3N5O5S. The van der Waals surface area contributed by atoms with E-state index < -0.39 is 38.8 Å². The van der Waals surface area contributed by atoms with Gasteiger partial charge >= 0.3 is 6.18 Å². The molecule has 14 heteroatoms. The predicted molar refractivity (Wildman–Crippen MR) is 170 cm³/mol. The number of fused-ring (bicyclic) bond motifs is 1. The normalized spacial score (nSPS) is 12.2. The van der Waals surface area contributed by atoms with Crippen molar-refractivity contribution in [2.24, 2.45) is 14.1 Å². The molecule has 6 rings (SSSR count). The summed E-state index contributed by atoms with van der Waals surface area (Å²) >= 11 is 0. The first kappa shape index (κ1) is 31.6. The molecule has 0 atom stereocenters. The fraction of sp³-hybridized carbons (Fsp3) is 0.182. The van der Waals surface area contributed by atoms with Gasteiger partial charge in [0, 0.05) is 42.9 Å². The number of alkyl halides is 3. The molecule has 10 nitrogen and oxygen atoms in total. The SMILES string of the molecule is Cc1ccc(S(=O)(=O)n2c(-c3ncc(C(F)(F)F)[nH]3)cc3c(-c4cc(=O)n(C)cc4Oc4c(C)cccc4C)cn(C)c(=O)c32)cc1. The first-order valence-corrected chi connectivity index (χ1v) is 15.7. The average molecular weight is 664 g/mol. The number of halogens is 3. The summed E-state index contributed by atoms with van der Waals surface area (Å²) in [4.78, 5) is 32.7. The van der Waals surface area contributed by atoms with E-state index in [0.29, 0.717) is 15.9 Å². The fourth-order valence-corrected chi connectivity index (χ4v) is 6.90. The molecule has 2 aromatic carbocycles. The van der Waals surface area contributed by atoms with Crippen LogP contribution in [0.25, 0.3) is 33.5 Å². The minimum Gasteiger partial charge on any atom is -0.455 e. The van der Waals surface area contributed by atoms with Gasteiger partial charge in [0.05, 0.1) is 17.3 Å². The van der Waals surface area contributed by atoms with Crippen LogP contribution in [0.2, 0.25) is 0 Å². The number of aryl methyl sites for hydroxylation is 5. The van der Waals surface area contributed by atoms with Gasteiger partial charge in [0.25, 0.3) is 21.1 Å². The molecule has 6 aromatic rings. The summed E-state index contributed by atoms with van der Waals surface area (Å²) in [7, 11) is -1.66. The Morgan fingerprint density at radius 1 is 0.872 bits per heavy atom. The highest BCUT2D eigenvalue weighted by Crippen LogP contribution is 2.40. The van der Waals surface area contributed by atoms with Crippen LogP contribution in [0.1, 0.15) is 22.4 Å². The molecule has 0 saturated heterocycles. The summed E-state index contributed by atoms with van der Waals surface area (Å²) in [6.45, 7) is 5.48. The molecule has 0 saturated carbocycles. The third-order valence-corrected chi connectivity index (χ3v) is 9.61. The number of nitrogens with zero attached hydrogens (tertiary/aromatic N) is 4. The van der Waals surface area contributed by atoms with E-state index in [1.807, 2.05) is 32.0 Å². The van der Waals surface area contributed by atoms with Crippen LogP contribution in [-0.2, 0) is 30.3 Å². The lowest BCUT2D eigenvalue weighted by molar-refractivity contribution is -0.140. The number of nitrogens with one attached hydrogen (secondary N) is 1. The van der Waals surface area contributed by atoms with Gasteiger partial charge in [-0.3, -0.25) is 9.59 Å². The van der Waals surface area contributed by atoms with Crippen molar-refractivity contribution in [3.05, 3.63) is 116 Å². The standard InChI is InChI=1S/C33H28F3N5O5S/c1-18-9-11-21(12-10-18)47(44,45)41-25(31-37-15-27(38-31)33(34,35)36)13-23-24(16-40(5)32(43)29(23)41)22-14-28(42)39(4)17-26(22)46-30-19(2)7-6-8-20(30)3/h6-17H,1-5H3,(H,37,38). The van der Waals surface area contributed by atoms with Crippen LogP contribution in [0.4, 0.5) is 13.2 Å². The third-order valence-electron chi connectivity index (χ3n) is 7.88. The number of H-pyrrole nitrogens is 1. The minimum absolute atomic E-state index is 0.0448. The van der Waals surface area contributed by atoms with Crippen LogP contribution in [0, 0.1) is 20.8 Å². The summed E-state index contributed by atoms with van der Waals surface area (Å²) in [5.41, 5.74) is -0.226. The second kappa shape index (κ2) is 11.2. The lowest BCUT2D eigenvalue weighted by atomic mass is 10.0. The average Bonchev–Trinajstić information content (AvgIpc) is 3.66. The Kier molecular flexibility index (Phi) is 7.50. The van der Waals surface area contributed by atoms with E-state index in [1.165, 1.54) is 55.3 Å². The van der Waals surface area contributed by atoms with Crippen molar-refractivity contribution < 1.29 is 26.3 Å². The van der Waals surface area contributed by atoms with E-state index in [-0.39, 0.29) is 38.4 Å². The highest BCUT2D eigenvalue weighted by molar-refractivity contribution is 7.90. The van der Waals surface area contributed by atoms with Crippen LogP contribution in [0.3, 0.4) is 0 Å². The van der Waals surface area contributed by atoms with Crippen LogP contribution in [0.15, 0.2) is 87.7 Å². The Labute approximate surface area is 266 Å². The third kappa shape index (κ3) is 5.43. The zero-order valence-corrected chi connectivity index (χ0v) is 26.6. The topological polar surface area (TPSA) is 121 Å². The maximum atomic E-state index is 14.3. The number of hydrogen-bond donors (Lipinski definition) is 1. The number of hydrogen-bond acceptors (Lipinski definition) is 6. The molecule has 1 N–H and O–H groups in total. The van der Waals surface area contributed by atoms with Gasteiger partial charge < -0.3 is 18.9 Å². The van der Waals surface area contributed by atoms with E-state index in [2.05, 4.69) is 9.97 Å². The van der Waals surface area contributed by atoms with E-state index in [0.717, 1.165) is 21.3 Å². The lowest BCUT2D eigenvalue weighted by Crippen LogP contribution is -2.23. The Hall–Kier alpha value is -5.37. The van der Waals surface area contributed by atoms with Crippen molar-refractivity contribution in [1.82, 2.24) is 23.1 Å². The van der Waals surface area contributed by atoms with Crippen molar-refractivity contribution in [2.75, 3.05) is 0 Å². The van der Waals surface area contributed by atoms with Gasteiger partial charge in [0.2, 0.25) is 0 Å². The van der Waals surface area contributed by atoms with Gasteiger partial charge in [-0.15, -0.1) is 0 Å². The number of pyridine rings is 2. The van der Waals surface area contributed by atoms with Crippen molar-refractivity contribution >= 4 is 20.9 Å². The molecule has 0 aliphatic carbocycles. The predicted octanol–water partition coefficient (Wildman–Crippen LogP) is 6.07. The largest absolute Gasteiger partial charge is 0.455 e. The summed E-state index contributed by atoms with van der Waals surface area (Å²) in [6.07, 6.45) is -1.36. The molecule has 47 heavy (non-hydrogen) atoms. The smallest absolute Gasteiger partial charge is 0.432 e. The Bertz CT molecular complexity index is 2420. The minimum atomic E-state index is -4.80. The van der Waals surface area contributed by atoms with Crippen molar-refractivity contribution in [2.45, 2.75) is 31.8 Å². The fourth-order valence-electron chi connectivity index (χ4n) is 5.40. The maximum absolute atomic E-state index is 14.3. The zero-order chi connectivity index (χ0) is 34.0. The molecular weight excluding hydrogens is 635 g/mol. The summed E-state index contributed by atoms with van der Waals surface area (Å²) in [5.74, 6) is 0.314. The van der Waals surface area contributed by atoms with Crippen LogP contribution >= 0.6 is 0 Å². The number of para-hydroxylation sites is 1. The van der Waals surface area contributed by atoms with E-state index in [4.69, 9.17) is 4.74 Å². The summed E-state index contributed by atoms with van der Waals surface area (Å²) < 4.78 is 78.9. The van der Waals surface area contributed by atoms with Gasteiger partial charge in [0.1, 0.15) is 22.7 Å². The lowest BCUT2D eigenvalue weighted by Gasteiger charge is -2.17. The highest BCUT2D eigenvalue weighted by atomic mass is 32.2. The number of imidazole rings is 1. The number of ether oxygens (including phenoxy) is 1. The van der Waals surface area contributed by atoms with Gasteiger partial charge in [-0.25, -0.2) is 17.4 Å². The van der Waals surface area contributed by atoms with Gasteiger partial charge in [-0.1, -0.05) is 35.9 Å². The van der Waals surface area contributed by atoms with Crippen molar-refractivity contribution in [3.63, 3.8) is 0 Å². The monoisotopic (exact) mass is 663 g/mol. The Morgan fingerprint density at radius 2 is 1.53 bits per heavy atom. The molecule has 0 aliphatic rings. The van der Waals surface area contributed by atoms with E-state index >= 15 is 0 Å². The van der Waals surface area contributed by atoms with E-state index in [9.17, 15) is 31.2 Å².